The van der Waals surface area contributed by atoms with Crippen molar-refractivity contribution in [1.82, 2.24) is 14.8 Å². The standard InChI is InChI=1S/C31H33N3O3S/c1-31(2,3)37-30(36)34-26-8-7-20(18-33-10-5-4-6-11-33)13-23(26)16-27(34)25-15-22(21-9-12-38-19-21)14-24-17-32-29(35)28(24)25/h7-9,12-16,19H,4-6,10-11,17-18H2,1-3H3,(H,32,35). The number of piperidine rings is 1. The molecule has 6 rings (SSSR count). The lowest BCUT2D eigenvalue weighted by atomic mass is 9.94. The maximum absolute atomic E-state index is 13.7. The first-order valence-corrected chi connectivity index (χ1v) is 14.3. The quantitative estimate of drug-likeness (QED) is 0.309. The highest BCUT2D eigenvalue weighted by molar-refractivity contribution is 7.08. The molecule has 0 saturated carbocycles. The molecule has 1 saturated heterocycles. The number of nitrogens with zero attached hydrogens (tertiary/aromatic N) is 2. The van der Waals surface area contributed by atoms with E-state index in [4.69, 9.17) is 4.74 Å². The molecule has 6 nitrogen and oxygen atoms in total. The number of ether oxygens (including phenoxy) is 1. The number of hydrogen-bond acceptors (Lipinski definition) is 5. The summed E-state index contributed by atoms with van der Waals surface area (Å²) in [5.41, 5.74) is 6.48. The first-order valence-electron chi connectivity index (χ1n) is 13.3. The summed E-state index contributed by atoms with van der Waals surface area (Å²) in [4.78, 5) is 29.2. The van der Waals surface area contributed by atoms with Gasteiger partial charge in [0.25, 0.3) is 5.91 Å². The van der Waals surface area contributed by atoms with E-state index >= 15 is 0 Å². The molecule has 2 aliphatic rings. The van der Waals surface area contributed by atoms with Crippen LogP contribution in [-0.2, 0) is 17.8 Å². The predicted molar refractivity (Wildman–Crippen MR) is 153 cm³/mol. The smallest absolute Gasteiger partial charge is 0.419 e. The number of rotatable bonds is 4. The third-order valence-electron chi connectivity index (χ3n) is 7.31. The number of amides is 1. The first kappa shape index (κ1) is 24.9. The van der Waals surface area contributed by atoms with Crippen LogP contribution < -0.4 is 5.32 Å². The minimum atomic E-state index is -0.656. The maximum atomic E-state index is 13.7. The van der Waals surface area contributed by atoms with Crippen LogP contribution in [0, 0.1) is 0 Å². The zero-order chi connectivity index (χ0) is 26.4. The van der Waals surface area contributed by atoms with Crippen LogP contribution in [0.1, 0.15) is 61.5 Å². The molecule has 38 heavy (non-hydrogen) atoms. The van der Waals surface area contributed by atoms with Gasteiger partial charge in [-0.05, 0) is 116 Å². The molecular formula is C31H33N3O3S. The fourth-order valence-electron chi connectivity index (χ4n) is 5.61. The van der Waals surface area contributed by atoms with E-state index in [0.717, 1.165) is 52.8 Å². The molecule has 0 unspecified atom stereocenters. The average Bonchev–Trinajstić information content (AvgIpc) is 3.62. The van der Waals surface area contributed by atoms with Gasteiger partial charge in [-0.1, -0.05) is 12.5 Å². The van der Waals surface area contributed by atoms with Crippen LogP contribution in [0.3, 0.4) is 0 Å². The van der Waals surface area contributed by atoms with E-state index in [-0.39, 0.29) is 5.91 Å². The Bertz CT molecular complexity index is 1520. The van der Waals surface area contributed by atoms with E-state index in [1.165, 1.54) is 24.8 Å². The van der Waals surface area contributed by atoms with Gasteiger partial charge in [0.15, 0.2) is 0 Å². The van der Waals surface area contributed by atoms with Crippen molar-refractivity contribution in [1.29, 1.82) is 0 Å². The second kappa shape index (κ2) is 9.71. The molecule has 196 valence electrons. The molecule has 0 radical (unpaired) electrons. The fourth-order valence-corrected chi connectivity index (χ4v) is 6.28. The first-order chi connectivity index (χ1) is 18.3. The normalized spacial score (nSPS) is 16.0. The van der Waals surface area contributed by atoms with Gasteiger partial charge in [-0.15, -0.1) is 0 Å². The Hall–Kier alpha value is -3.42. The molecule has 0 spiro atoms. The maximum Gasteiger partial charge on any atom is 0.419 e. The molecule has 1 N–H and O–H groups in total. The van der Waals surface area contributed by atoms with Gasteiger partial charge in [0.2, 0.25) is 0 Å². The predicted octanol–water partition coefficient (Wildman–Crippen LogP) is 7.05. The molecule has 1 amide bonds. The summed E-state index contributed by atoms with van der Waals surface area (Å²) in [6.07, 6.45) is 3.35. The Kier molecular flexibility index (Phi) is 6.36. The molecule has 2 aromatic heterocycles. The number of nitrogens with one attached hydrogen (secondary N) is 1. The minimum Gasteiger partial charge on any atom is -0.443 e. The van der Waals surface area contributed by atoms with E-state index in [0.29, 0.717) is 17.8 Å². The number of carbonyl (C=O) groups is 2. The van der Waals surface area contributed by atoms with E-state index in [9.17, 15) is 9.59 Å². The molecule has 4 aromatic rings. The van der Waals surface area contributed by atoms with Crippen molar-refractivity contribution >= 4 is 34.2 Å². The molecule has 0 atom stereocenters. The third kappa shape index (κ3) is 4.76. The van der Waals surface area contributed by atoms with Gasteiger partial charge in [-0.3, -0.25) is 9.69 Å². The topological polar surface area (TPSA) is 63.6 Å². The molecule has 7 heteroatoms. The summed E-state index contributed by atoms with van der Waals surface area (Å²) < 4.78 is 7.51. The zero-order valence-electron chi connectivity index (χ0n) is 22.2. The van der Waals surface area contributed by atoms with Crippen molar-refractivity contribution in [3.63, 3.8) is 0 Å². The molecule has 0 bridgehead atoms. The monoisotopic (exact) mass is 527 g/mol. The molecule has 2 aromatic carbocycles. The number of carbonyl (C=O) groups excluding carboxylic acids is 2. The number of thiophene rings is 1. The number of hydrogen-bond donors (Lipinski definition) is 1. The second-order valence-electron chi connectivity index (χ2n) is 11.3. The highest BCUT2D eigenvalue weighted by Crippen LogP contribution is 2.38. The Morgan fingerprint density at radius 2 is 1.84 bits per heavy atom. The summed E-state index contributed by atoms with van der Waals surface area (Å²) in [6.45, 7) is 9.23. The number of aromatic nitrogens is 1. The Morgan fingerprint density at radius 3 is 2.58 bits per heavy atom. The molecule has 1 fully saturated rings. The molecule has 0 aliphatic carbocycles. The van der Waals surface area contributed by atoms with Crippen LogP contribution in [-0.4, -0.2) is 40.2 Å². The van der Waals surface area contributed by atoms with Gasteiger partial charge < -0.3 is 10.1 Å². The van der Waals surface area contributed by atoms with Crippen LogP contribution in [0.15, 0.2) is 53.2 Å². The van der Waals surface area contributed by atoms with Gasteiger partial charge in [0.1, 0.15) is 5.60 Å². The van der Waals surface area contributed by atoms with Crippen LogP contribution in [0.4, 0.5) is 4.79 Å². The van der Waals surface area contributed by atoms with Gasteiger partial charge in [0, 0.05) is 24.0 Å². The summed E-state index contributed by atoms with van der Waals surface area (Å²) >= 11 is 1.64. The van der Waals surface area contributed by atoms with Gasteiger partial charge in [0.05, 0.1) is 16.8 Å². The Labute approximate surface area is 227 Å². The van der Waals surface area contributed by atoms with Gasteiger partial charge in [-0.2, -0.15) is 11.3 Å². The highest BCUT2D eigenvalue weighted by Gasteiger charge is 2.29. The van der Waals surface area contributed by atoms with Crippen molar-refractivity contribution in [3.8, 4) is 22.4 Å². The summed E-state index contributed by atoms with van der Waals surface area (Å²) in [5.74, 6) is -0.112. The molecule has 4 heterocycles. The number of benzene rings is 2. The third-order valence-corrected chi connectivity index (χ3v) is 8.00. The average molecular weight is 528 g/mol. The highest BCUT2D eigenvalue weighted by atomic mass is 32.1. The summed E-state index contributed by atoms with van der Waals surface area (Å²) in [5, 5.41) is 8.09. The van der Waals surface area contributed by atoms with Crippen molar-refractivity contribution < 1.29 is 14.3 Å². The van der Waals surface area contributed by atoms with Gasteiger partial charge in [-0.25, -0.2) is 9.36 Å². The largest absolute Gasteiger partial charge is 0.443 e. The molecule has 2 aliphatic heterocycles. The second-order valence-corrected chi connectivity index (χ2v) is 12.1. The van der Waals surface area contributed by atoms with Crippen LogP contribution in [0.25, 0.3) is 33.3 Å². The van der Waals surface area contributed by atoms with Crippen molar-refractivity contribution in [2.45, 2.75) is 58.7 Å². The van der Waals surface area contributed by atoms with E-state index in [1.807, 2.05) is 44.4 Å². The van der Waals surface area contributed by atoms with Crippen LogP contribution >= 0.6 is 11.3 Å². The van der Waals surface area contributed by atoms with E-state index in [1.54, 1.807) is 15.9 Å². The summed E-state index contributed by atoms with van der Waals surface area (Å²) in [7, 11) is 0. The minimum absolute atomic E-state index is 0.112. The van der Waals surface area contributed by atoms with Crippen LogP contribution in [0.2, 0.25) is 0 Å². The van der Waals surface area contributed by atoms with Crippen molar-refractivity contribution in [2.75, 3.05) is 13.1 Å². The van der Waals surface area contributed by atoms with Crippen molar-refractivity contribution in [2.24, 2.45) is 0 Å². The Morgan fingerprint density at radius 1 is 1.03 bits per heavy atom. The lowest BCUT2D eigenvalue weighted by Gasteiger charge is -2.26. The van der Waals surface area contributed by atoms with E-state index < -0.39 is 11.7 Å². The zero-order valence-corrected chi connectivity index (χ0v) is 23.0. The van der Waals surface area contributed by atoms with Gasteiger partial charge >= 0.3 is 6.09 Å². The lowest BCUT2D eigenvalue weighted by Crippen LogP contribution is -2.29. The molecular weight excluding hydrogens is 494 g/mol. The lowest BCUT2D eigenvalue weighted by molar-refractivity contribution is 0.0547. The van der Waals surface area contributed by atoms with Crippen molar-refractivity contribution in [3.05, 3.63) is 69.9 Å². The SMILES string of the molecule is CC(C)(C)OC(=O)n1c(-c2cc(-c3ccsc3)cc3c2C(=O)NC3)cc2cc(CN3CCCCC3)ccc21. The Balaban J connectivity index is 1.52. The fraction of sp³-hybridized carbons (Fsp3) is 0.355. The number of likely N-dealkylation sites (tertiary alicyclic amines) is 1. The summed E-state index contributed by atoms with van der Waals surface area (Å²) in [6, 6.07) is 14.5. The van der Waals surface area contributed by atoms with Crippen LogP contribution in [0.5, 0.6) is 0 Å². The van der Waals surface area contributed by atoms with E-state index in [2.05, 4.69) is 39.9 Å². The number of fused-ring (bicyclic) bond motifs is 2.